The number of hydrogen-bond acceptors (Lipinski definition) is 4. The van der Waals surface area contributed by atoms with Gasteiger partial charge in [0.1, 0.15) is 0 Å². The molecule has 0 radical (unpaired) electrons. The van der Waals surface area contributed by atoms with Gasteiger partial charge >= 0.3 is 6.18 Å². The largest absolute Gasteiger partial charge is 0.416 e. The molecule has 1 N–H and O–H groups in total. The molecule has 0 bridgehead atoms. The number of hydrogen-bond donors (Lipinski definition) is 1. The Labute approximate surface area is 215 Å². The highest BCUT2D eigenvalue weighted by molar-refractivity contribution is 7.89. The van der Waals surface area contributed by atoms with Crippen LogP contribution in [0.3, 0.4) is 0 Å². The fraction of sp³-hybridized carbons (Fsp3) is 0.174. The highest BCUT2D eigenvalue weighted by Crippen LogP contribution is 2.40. The molecule has 0 saturated heterocycles. The van der Waals surface area contributed by atoms with Gasteiger partial charge in [-0.15, -0.1) is 0 Å². The van der Waals surface area contributed by atoms with E-state index in [0.29, 0.717) is 39.0 Å². The van der Waals surface area contributed by atoms with E-state index in [1.807, 2.05) is 12.1 Å². The lowest BCUT2D eigenvalue weighted by atomic mass is 10.0. The Kier molecular flexibility index (Phi) is 7.36. The Balaban J connectivity index is 1.60. The molecular formula is C23H17Cl3F3N3O2S. The summed E-state index contributed by atoms with van der Waals surface area (Å²) in [6, 6.07) is 15.3. The lowest BCUT2D eigenvalue weighted by molar-refractivity contribution is -0.137. The van der Waals surface area contributed by atoms with Crippen molar-refractivity contribution < 1.29 is 21.6 Å². The lowest BCUT2D eigenvalue weighted by Gasteiger charge is -2.25. The number of sulfonamides is 1. The van der Waals surface area contributed by atoms with Crippen molar-refractivity contribution in [2.24, 2.45) is 5.10 Å². The predicted octanol–water partition coefficient (Wildman–Crippen LogP) is 6.95. The highest BCUT2D eigenvalue weighted by atomic mass is 35.5. The maximum Gasteiger partial charge on any atom is 0.416 e. The van der Waals surface area contributed by atoms with Crippen LogP contribution in [0.5, 0.6) is 0 Å². The van der Waals surface area contributed by atoms with Crippen molar-refractivity contribution in [2.75, 3.05) is 11.6 Å². The zero-order chi connectivity index (χ0) is 25.4. The van der Waals surface area contributed by atoms with E-state index in [-0.39, 0.29) is 12.6 Å². The molecule has 12 heteroatoms. The fourth-order valence-corrected chi connectivity index (χ4v) is 5.30. The van der Waals surface area contributed by atoms with Crippen molar-refractivity contribution in [3.63, 3.8) is 0 Å². The van der Waals surface area contributed by atoms with Gasteiger partial charge in [-0.25, -0.2) is 13.1 Å². The van der Waals surface area contributed by atoms with Crippen LogP contribution in [0.2, 0.25) is 15.1 Å². The van der Waals surface area contributed by atoms with Gasteiger partial charge in [-0.05, 0) is 54.1 Å². The molecule has 35 heavy (non-hydrogen) atoms. The van der Waals surface area contributed by atoms with Gasteiger partial charge in [0.25, 0.3) is 0 Å². The Hall–Kier alpha value is -2.30. The van der Waals surface area contributed by atoms with E-state index in [0.717, 1.165) is 23.8 Å². The molecule has 0 aliphatic carbocycles. The van der Waals surface area contributed by atoms with E-state index in [1.54, 1.807) is 35.3 Å². The van der Waals surface area contributed by atoms with E-state index in [2.05, 4.69) is 9.82 Å². The van der Waals surface area contributed by atoms with Crippen LogP contribution in [-0.2, 0) is 16.2 Å². The Morgan fingerprint density at radius 1 is 0.971 bits per heavy atom. The molecule has 0 spiro atoms. The van der Waals surface area contributed by atoms with Crippen LogP contribution in [0.1, 0.15) is 23.6 Å². The maximum atomic E-state index is 13.0. The molecule has 4 rings (SSSR count). The molecule has 1 heterocycles. The SMILES string of the molecule is O=S(=O)(NCC1=NN(c2ccc(Cl)cc2Cl)C(c2ccc(Cl)cc2)C1)c1cccc(C(F)(F)F)c1. The van der Waals surface area contributed by atoms with Crippen LogP contribution >= 0.6 is 34.8 Å². The van der Waals surface area contributed by atoms with Gasteiger partial charge in [-0.1, -0.05) is 53.0 Å². The number of nitrogens with zero attached hydrogens (tertiary/aromatic N) is 2. The predicted molar refractivity (Wildman–Crippen MR) is 132 cm³/mol. The Morgan fingerprint density at radius 3 is 2.31 bits per heavy atom. The zero-order valence-corrected chi connectivity index (χ0v) is 20.8. The maximum absolute atomic E-state index is 13.0. The van der Waals surface area contributed by atoms with Crippen LogP contribution < -0.4 is 9.73 Å². The smallest absolute Gasteiger partial charge is 0.256 e. The molecule has 0 amide bonds. The number of halogens is 6. The summed E-state index contributed by atoms with van der Waals surface area (Å²) < 4.78 is 66.8. The van der Waals surface area contributed by atoms with Crippen molar-refractivity contribution in [2.45, 2.75) is 23.5 Å². The molecule has 1 unspecified atom stereocenters. The minimum atomic E-state index is -4.66. The lowest BCUT2D eigenvalue weighted by Crippen LogP contribution is -2.29. The molecule has 184 valence electrons. The van der Waals surface area contributed by atoms with Gasteiger partial charge in [-0.3, -0.25) is 5.01 Å². The molecule has 3 aromatic rings. The van der Waals surface area contributed by atoms with Crippen molar-refractivity contribution in [3.05, 3.63) is 92.9 Å². The van der Waals surface area contributed by atoms with E-state index < -0.39 is 26.7 Å². The minimum Gasteiger partial charge on any atom is -0.256 e. The molecule has 0 aromatic heterocycles. The van der Waals surface area contributed by atoms with Crippen molar-refractivity contribution in [1.29, 1.82) is 0 Å². The Bertz CT molecular complexity index is 1380. The second-order valence-corrected chi connectivity index (χ2v) is 10.8. The summed E-state index contributed by atoms with van der Waals surface area (Å²) in [4.78, 5) is -0.488. The van der Waals surface area contributed by atoms with E-state index in [1.165, 1.54) is 0 Å². The fourth-order valence-electron chi connectivity index (χ4n) is 3.61. The monoisotopic (exact) mass is 561 g/mol. The molecule has 5 nitrogen and oxygen atoms in total. The first-order chi connectivity index (χ1) is 16.4. The molecule has 1 aliphatic heterocycles. The summed E-state index contributed by atoms with van der Waals surface area (Å²) in [7, 11) is -4.22. The van der Waals surface area contributed by atoms with Crippen LogP contribution in [0.25, 0.3) is 0 Å². The highest BCUT2D eigenvalue weighted by Gasteiger charge is 2.33. The minimum absolute atomic E-state index is 0.204. The first-order valence-corrected chi connectivity index (χ1v) is 12.8. The number of nitrogens with one attached hydrogen (secondary N) is 1. The molecule has 1 atom stereocenters. The summed E-state index contributed by atoms with van der Waals surface area (Å²) in [5, 5.41) is 7.58. The summed E-state index contributed by atoms with van der Waals surface area (Å²) in [6.45, 7) is -0.204. The van der Waals surface area contributed by atoms with Crippen LogP contribution in [0, 0.1) is 0 Å². The molecule has 1 aliphatic rings. The van der Waals surface area contributed by atoms with Gasteiger partial charge in [0.05, 0.1) is 39.5 Å². The van der Waals surface area contributed by atoms with Crippen LogP contribution in [0.15, 0.2) is 76.7 Å². The molecule has 3 aromatic carbocycles. The van der Waals surface area contributed by atoms with E-state index in [4.69, 9.17) is 34.8 Å². The van der Waals surface area contributed by atoms with Gasteiger partial charge in [0.2, 0.25) is 10.0 Å². The second-order valence-electron chi connectivity index (χ2n) is 7.73. The molecule has 0 fully saturated rings. The van der Waals surface area contributed by atoms with Crippen molar-refractivity contribution in [3.8, 4) is 0 Å². The average Bonchev–Trinajstić information content (AvgIpc) is 3.22. The standard InChI is InChI=1S/C23H17Cl3F3N3O2S/c24-16-6-4-14(5-7-16)22-12-18(31-32(22)21-9-8-17(25)11-20(21)26)13-30-35(33,34)19-3-1-2-15(10-19)23(27,28)29/h1-11,22,30H,12-13H2. The van der Waals surface area contributed by atoms with Crippen LogP contribution in [0.4, 0.5) is 18.9 Å². The van der Waals surface area contributed by atoms with Gasteiger partial charge in [0, 0.05) is 16.5 Å². The molecule has 0 saturated carbocycles. The summed E-state index contributed by atoms with van der Waals surface area (Å²) in [5.74, 6) is 0. The first-order valence-electron chi connectivity index (χ1n) is 10.2. The average molecular weight is 563 g/mol. The van der Waals surface area contributed by atoms with Gasteiger partial charge < -0.3 is 0 Å². The number of rotatable bonds is 6. The van der Waals surface area contributed by atoms with Crippen molar-refractivity contribution >= 4 is 56.2 Å². The van der Waals surface area contributed by atoms with Crippen molar-refractivity contribution in [1.82, 2.24) is 4.72 Å². The Morgan fingerprint density at radius 2 is 1.66 bits per heavy atom. The third-order valence-corrected chi connectivity index (χ3v) is 7.51. The second kappa shape index (κ2) is 9.99. The van der Waals surface area contributed by atoms with Crippen LogP contribution in [-0.4, -0.2) is 20.7 Å². The number of anilines is 1. The number of hydrazone groups is 1. The third-order valence-electron chi connectivity index (χ3n) is 5.32. The van der Waals surface area contributed by atoms with Gasteiger partial charge in [0.15, 0.2) is 0 Å². The summed E-state index contributed by atoms with van der Waals surface area (Å²) in [5.41, 5.74) is 0.836. The van der Waals surface area contributed by atoms with E-state index >= 15 is 0 Å². The number of alkyl halides is 3. The zero-order valence-electron chi connectivity index (χ0n) is 17.7. The number of benzene rings is 3. The molecular weight excluding hydrogens is 546 g/mol. The first kappa shape index (κ1) is 25.8. The summed E-state index contributed by atoms with van der Waals surface area (Å²) >= 11 is 18.4. The quantitative estimate of drug-likeness (QED) is 0.354. The van der Waals surface area contributed by atoms with Gasteiger partial charge in [-0.2, -0.15) is 18.3 Å². The third kappa shape index (κ3) is 5.92. The topological polar surface area (TPSA) is 61.8 Å². The normalized spacial score (nSPS) is 16.5. The summed E-state index contributed by atoms with van der Waals surface area (Å²) in [6.07, 6.45) is -4.32. The van der Waals surface area contributed by atoms with E-state index in [9.17, 15) is 21.6 Å².